The molecule has 6 nitrogen and oxygen atoms in total. The monoisotopic (exact) mass is 709 g/mol. The SMILES string of the molecule is CCCCCCCCCCCCCC(=O)OC[C@@H](COC(=O)CCCCCCCCC)OC(=O)CCCCCCCCCCCCCC(C)C. The van der Waals surface area contributed by atoms with Gasteiger partial charge in [-0.2, -0.15) is 0 Å². The van der Waals surface area contributed by atoms with Crippen LogP contribution in [0.25, 0.3) is 0 Å². The predicted octanol–water partition coefficient (Wildman–Crippen LogP) is 13.6. The van der Waals surface area contributed by atoms with Crippen LogP contribution in [-0.2, 0) is 28.6 Å². The van der Waals surface area contributed by atoms with Crippen molar-refractivity contribution >= 4 is 17.9 Å². The number of hydrogen-bond donors (Lipinski definition) is 0. The van der Waals surface area contributed by atoms with Crippen LogP contribution in [0.5, 0.6) is 0 Å². The van der Waals surface area contributed by atoms with Crippen LogP contribution in [0, 0.1) is 5.92 Å². The molecule has 50 heavy (non-hydrogen) atoms. The van der Waals surface area contributed by atoms with Crippen LogP contribution in [0.1, 0.15) is 240 Å². The molecular formula is C44H84O6. The van der Waals surface area contributed by atoms with Gasteiger partial charge in [0.15, 0.2) is 6.10 Å². The molecule has 296 valence electrons. The summed E-state index contributed by atoms with van der Waals surface area (Å²) in [6, 6.07) is 0. The van der Waals surface area contributed by atoms with Crippen molar-refractivity contribution in [1.29, 1.82) is 0 Å². The van der Waals surface area contributed by atoms with E-state index in [9.17, 15) is 14.4 Å². The van der Waals surface area contributed by atoms with Gasteiger partial charge in [-0.05, 0) is 25.2 Å². The van der Waals surface area contributed by atoms with E-state index in [1.807, 2.05) is 0 Å². The normalized spacial score (nSPS) is 11.9. The molecule has 0 saturated heterocycles. The number of carbonyl (C=O) groups excluding carboxylic acids is 3. The van der Waals surface area contributed by atoms with Gasteiger partial charge in [0, 0.05) is 19.3 Å². The Morgan fingerprint density at radius 1 is 0.380 bits per heavy atom. The third-order valence-electron chi connectivity index (χ3n) is 9.79. The minimum atomic E-state index is -0.757. The maximum absolute atomic E-state index is 12.7. The average Bonchev–Trinajstić information content (AvgIpc) is 3.09. The number of carbonyl (C=O) groups is 3. The van der Waals surface area contributed by atoms with Gasteiger partial charge in [0.2, 0.25) is 0 Å². The highest BCUT2D eigenvalue weighted by Crippen LogP contribution is 2.16. The first-order chi connectivity index (χ1) is 24.4. The molecule has 0 bridgehead atoms. The summed E-state index contributed by atoms with van der Waals surface area (Å²) in [6.45, 7) is 8.94. The minimum Gasteiger partial charge on any atom is -0.462 e. The van der Waals surface area contributed by atoms with Crippen molar-refractivity contribution in [2.45, 2.75) is 246 Å². The number of esters is 3. The van der Waals surface area contributed by atoms with Crippen LogP contribution < -0.4 is 0 Å². The summed E-state index contributed by atoms with van der Waals surface area (Å²) < 4.78 is 16.6. The van der Waals surface area contributed by atoms with Gasteiger partial charge in [-0.25, -0.2) is 0 Å². The van der Waals surface area contributed by atoms with E-state index in [1.165, 1.54) is 135 Å². The molecule has 0 saturated carbocycles. The molecule has 0 rings (SSSR count). The highest BCUT2D eigenvalue weighted by atomic mass is 16.6. The maximum Gasteiger partial charge on any atom is 0.306 e. The number of rotatable bonds is 39. The second-order valence-electron chi connectivity index (χ2n) is 15.5. The van der Waals surface area contributed by atoms with Crippen LogP contribution in [0.4, 0.5) is 0 Å². The molecule has 0 spiro atoms. The molecule has 1 atom stereocenters. The third kappa shape index (κ3) is 37.7. The molecule has 0 heterocycles. The second-order valence-corrected chi connectivity index (χ2v) is 15.5. The molecule has 0 amide bonds. The van der Waals surface area contributed by atoms with Crippen molar-refractivity contribution in [2.24, 2.45) is 5.92 Å². The van der Waals surface area contributed by atoms with Gasteiger partial charge in [0.1, 0.15) is 13.2 Å². The topological polar surface area (TPSA) is 78.9 Å². The molecule has 0 aromatic carbocycles. The van der Waals surface area contributed by atoms with E-state index in [0.29, 0.717) is 19.3 Å². The molecular weight excluding hydrogens is 624 g/mol. The van der Waals surface area contributed by atoms with E-state index in [0.717, 1.165) is 63.7 Å². The zero-order chi connectivity index (χ0) is 36.8. The molecule has 0 aliphatic rings. The molecule has 0 N–H and O–H groups in total. The highest BCUT2D eigenvalue weighted by Gasteiger charge is 2.19. The van der Waals surface area contributed by atoms with Gasteiger partial charge >= 0.3 is 17.9 Å². The van der Waals surface area contributed by atoms with Gasteiger partial charge < -0.3 is 14.2 Å². The van der Waals surface area contributed by atoms with Crippen LogP contribution in [0.15, 0.2) is 0 Å². The molecule has 0 unspecified atom stereocenters. The summed E-state index contributed by atoms with van der Waals surface area (Å²) >= 11 is 0. The summed E-state index contributed by atoms with van der Waals surface area (Å²) in [5, 5.41) is 0. The Hall–Kier alpha value is -1.59. The lowest BCUT2D eigenvalue weighted by Crippen LogP contribution is -2.30. The number of hydrogen-bond acceptors (Lipinski definition) is 6. The lowest BCUT2D eigenvalue weighted by atomic mass is 10.0. The van der Waals surface area contributed by atoms with Gasteiger partial charge in [-0.1, -0.05) is 201 Å². The Morgan fingerprint density at radius 3 is 0.980 bits per heavy atom. The van der Waals surface area contributed by atoms with Crippen LogP contribution in [0.2, 0.25) is 0 Å². The van der Waals surface area contributed by atoms with Crippen LogP contribution >= 0.6 is 0 Å². The fraction of sp³-hybridized carbons (Fsp3) is 0.932. The van der Waals surface area contributed by atoms with Crippen molar-refractivity contribution in [3.05, 3.63) is 0 Å². The fourth-order valence-corrected chi connectivity index (χ4v) is 6.45. The zero-order valence-electron chi connectivity index (χ0n) is 33.9. The molecule has 6 heteroatoms. The lowest BCUT2D eigenvalue weighted by molar-refractivity contribution is -0.167. The molecule has 0 radical (unpaired) electrons. The molecule has 0 aromatic heterocycles. The van der Waals surface area contributed by atoms with E-state index in [4.69, 9.17) is 14.2 Å². The third-order valence-corrected chi connectivity index (χ3v) is 9.79. The zero-order valence-corrected chi connectivity index (χ0v) is 33.9. The fourth-order valence-electron chi connectivity index (χ4n) is 6.45. The first-order valence-electron chi connectivity index (χ1n) is 21.9. The Labute approximate surface area is 310 Å². The molecule has 0 aliphatic carbocycles. The van der Waals surface area contributed by atoms with Crippen molar-refractivity contribution in [1.82, 2.24) is 0 Å². The first kappa shape index (κ1) is 48.4. The van der Waals surface area contributed by atoms with Crippen molar-refractivity contribution in [3.63, 3.8) is 0 Å². The summed E-state index contributed by atoms with van der Waals surface area (Å²) in [7, 11) is 0. The highest BCUT2D eigenvalue weighted by molar-refractivity contribution is 5.71. The maximum atomic E-state index is 12.7. The predicted molar refractivity (Wildman–Crippen MR) is 210 cm³/mol. The Morgan fingerprint density at radius 2 is 0.660 bits per heavy atom. The Kier molecular flexibility index (Phi) is 37.4. The minimum absolute atomic E-state index is 0.0644. The standard InChI is InChI=1S/C44H84O6/c1-5-7-9-11-13-14-16-20-24-28-32-36-43(46)49-39-41(38-48-42(45)35-31-27-22-12-10-8-6-2)50-44(47)37-33-29-25-21-18-15-17-19-23-26-30-34-40(3)4/h40-41H,5-39H2,1-4H3/t41-/m1/s1. The lowest BCUT2D eigenvalue weighted by Gasteiger charge is -2.18. The van der Waals surface area contributed by atoms with E-state index in [1.54, 1.807) is 0 Å². The Bertz CT molecular complexity index is 751. The quantitative estimate of drug-likeness (QED) is 0.0359. The summed E-state index contributed by atoms with van der Waals surface area (Å²) in [5.74, 6) is -0.0386. The van der Waals surface area contributed by atoms with Crippen molar-refractivity contribution in [2.75, 3.05) is 13.2 Å². The van der Waals surface area contributed by atoms with Crippen molar-refractivity contribution < 1.29 is 28.6 Å². The molecule has 0 aliphatic heterocycles. The van der Waals surface area contributed by atoms with Crippen LogP contribution in [0.3, 0.4) is 0 Å². The van der Waals surface area contributed by atoms with E-state index in [2.05, 4.69) is 27.7 Å². The number of ether oxygens (including phenoxy) is 3. The Balaban J connectivity index is 4.28. The van der Waals surface area contributed by atoms with Gasteiger partial charge in [0.25, 0.3) is 0 Å². The summed E-state index contributed by atoms with van der Waals surface area (Å²) in [4.78, 5) is 37.5. The largest absolute Gasteiger partial charge is 0.462 e. The first-order valence-corrected chi connectivity index (χ1v) is 21.9. The van der Waals surface area contributed by atoms with E-state index in [-0.39, 0.29) is 31.1 Å². The average molecular weight is 709 g/mol. The van der Waals surface area contributed by atoms with Crippen molar-refractivity contribution in [3.8, 4) is 0 Å². The van der Waals surface area contributed by atoms with Gasteiger partial charge in [-0.15, -0.1) is 0 Å². The molecule has 0 fully saturated rings. The molecule has 0 aromatic rings. The van der Waals surface area contributed by atoms with E-state index < -0.39 is 6.10 Å². The number of unbranched alkanes of at least 4 members (excludes halogenated alkanes) is 26. The smallest absolute Gasteiger partial charge is 0.306 e. The summed E-state index contributed by atoms with van der Waals surface area (Å²) in [5.41, 5.74) is 0. The van der Waals surface area contributed by atoms with Crippen LogP contribution in [-0.4, -0.2) is 37.2 Å². The van der Waals surface area contributed by atoms with Gasteiger partial charge in [-0.3, -0.25) is 14.4 Å². The van der Waals surface area contributed by atoms with Gasteiger partial charge in [0.05, 0.1) is 0 Å². The second kappa shape index (κ2) is 38.6. The van der Waals surface area contributed by atoms with E-state index >= 15 is 0 Å². The summed E-state index contributed by atoms with van der Waals surface area (Å²) in [6.07, 6.45) is 36.6.